The fraction of sp³-hybridized carbons (Fsp3) is 0.438. The number of hydrogen-bond donors (Lipinski definition) is 0. The van der Waals surface area contributed by atoms with E-state index in [1.165, 1.54) is 11.5 Å². The molecule has 0 aromatic carbocycles. The van der Waals surface area contributed by atoms with Crippen molar-refractivity contribution in [3.8, 4) is 0 Å². The van der Waals surface area contributed by atoms with Crippen LogP contribution >= 0.6 is 11.5 Å². The van der Waals surface area contributed by atoms with Crippen molar-refractivity contribution >= 4 is 22.3 Å². The summed E-state index contributed by atoms with van der Waals surface area (Å²) in [6.07, 6.45) is 5.08. The zero-order valence-corrected chi connectivity index (χ0v) is 14.0. The van der Waals surface area contributed by atoms with Crippen molar-refractivity contribution in [3.63, 3.8) is 0 Å². The molecule has 0 radical (unpaired) electrons. The van der Waals surface area contributed by atoms with E-state index in [-0.39, 0.29) is 0 Å². The van der Waals surface area contributed by atoms with Gasteiger partial charge in [-0.15, -0.1) is 0 Å². The van der Waals surface area contributed by atoms with Crippen LogP contribution < -0.4 is 4.90 Å². The molecule has 1 saturated heterocycles. The number of aromatic nitrogens is 4. The Morgan fingerprint density at radius 2 is 2.00 bits per heavy atom. The Labute approximate surface area is 139 Å². The predicted octanol–water partition coefficient (Wildman–Crippen LogP) is 2.07. The predicted molar refractivity (Wildman–Crippen MR) is 92.0 cm³/mol. The first kappa shape index (κ1) is 14.6. The van der Waals surface area contributed by atoms with Crippen LogP contribution in [0.3, 0.4) is 0 Å². The summed E-state index contributed by atoms with van der Waals surface area (Å²) < 4.78 is 6.47. The van der Waals surface area contributed by atoms with Gasteiger partial charge in [-0.05, 0) is 12.1 Å². The molecule has 0 saturated carbocycles. The van der Waals surface area contributed by atoms with Crippen molar-refractivity contribution in [2.45, 2.75) is 19.9 Å². The summed E-state index contributed by atoms with van der Waals surface area (Å²) in [5.74, 6) is 0.956. The molecular weight excluding hydrogens is 308 g/mol. The highest BCUT2D eigenvalue weighted by atomic mass is 32.1. The highest BCUT2D eigenvalue weighted by molar-refractivity contribution is 7.09. The minimum absolute atomic E-state index is 0.907. The number of pyridine rings is 1. The molecule has 0 bridgehead atoms. The SMILES string of the molecule is CCc1nsc(N2CCN(Cc3cn4ccccc4n3)CC2)n1. The lowest BCUT2D eigenvalue weighted by Gasteiger charge is -2.33. The molecule has 0 N–H and O–H groups in total. The van der Waals surface area contributed by atoms with Gasteiger partial charge in [0, 0.05) is 63.1 Å². The first-order valence-electron chi connectivity index (χ1n) is 8.04. The smallest absolute Gasteiger partial charge is 0.205 e. The van der Waals surface area contributed by atoms with Gasteiger partial charge in [0.15, 0.2) is 0 Å². The van der Waals surface area contributed by atoms with Gasteiger partial charge in [-0.3, -0.25) is 4.90 Å². The zero-order valence-electron chi connectivity index (χ0n) is 13.2. The Bertz CT molecular complexity index is 754. The van der Waals surface area contributed by atoms with Crippen LogP contribution in [0, 0.1) is 0 Å². The molecule has 0 atom stereocenters. The second-order valence-electron chi connectivity index (χ2n) is 5.81. The highest BCUT2D eigenvalue weighted by Gasteiger charge is 2.20. The third-order valence-corrected chi connectivity index (χ3v) is 5.03. The summed E-state index contributed by atoms with van der Waals surface area (Å²) in [7, 11) is 0. The van der Waals surface area contributed by atoms with Gasteiger partial charge in [-0.25, -0.2) is 9.97 Å². The minimum Gasteiger partial charge on any atom is -0.344 e. The van der Waals surface area contributed by atoms with E-state index in [2.05, 4.69) is 41.7 Å². The molecule has 1 fully saturated rings. The van der Waals surface area contributed by atoms with Gasteiger partial charge in [-0.1, -0.05) is 13.0 Å². The van der Waals surface area contributed by atoms with Crippen molar-refractivity contribution < 1.29 is 0 Å². The molecule has 3 aromatic heterocycles. The number of piperazine rings is 1. The van der Waals surface area contributed by atoms with Crippen LogP contribution in [0.25, 0.3) is 5.65 Å². The molecule has 23 heavy (non-hydrogen) atoms. The molecule has 4 rings (SSSR count). The van der Waals surface area contributed by atoms with E-state index >= 15 is 0 Å². The minimum atomic E-state index is 0.907. The number of rotatable bonds is 4. The van der Waals surface area contributed by atoms with E-state index in [0.29, 0.717) is 0 Å². The molecule has 3 aromatic rings. The Kier molecular flexibility index (Phi) is 3.97. The normalized spacial score (nSPS) is 16.3. The summed E-state index contributed by atoms with van der Waals surface area (Å²) in [6, 6.07) is 6.10. The van der Waals surface area contributed by atoms with Crippen molar-refractivity contribution in [1.82, 2.24) is 23.6 Å². The third-order valence-electron chi connectivity index (χ3n) is 4.22. The third kappa shape index (κ3) is 3.07. The maximum atomic E-state index is 4.69. The highest BCUT2D eigenvalue weighted by Crippen LogP contribution is 2.20. The van der Waals surface area contributed by atoms with Gasteiger partial charge in [-0.2, -0.15) is 4.37 Å². The Hall–Kier alpha value is -1.99. The van der Waals surface area contributed by atoms with E-state index in [1.807, 2.05) is 24.4 Å². The number of nitrogens with zero attached hydrogens (tertiary/aromatic N) is 6. The Balaban J connectivity index is 1.37. The van der Waals surface area contributed by atoms with E-state index < -0.39 is 0 Å². The Morgan fingerprint density at radius 1 is 1.13 bits per heavy atom. The van der Waals surface area contributed by atoms with Crippen molar-refractivity contribution in [2.24, 2.45) is 0 Å². The molecule has 6 nitrogen and oxygen atoms in total. The molecule has 0 amide bonds. The summed E-state index contributed by atoms with van der Waals surface area (Å²) in [5.41, 5.74) is 2.15. The summed E-state index contributed by atoms with van der Waals surface area (Å²) in [5, 5.41) is 1.06. The molecule has 7 heteroatoms. The lowest BCUT2D eigenvalue weighted by atomic mass is 10.3. The van der Waals surface area contributed by atoms with Crippen LogP contribution in [0.2, 0.25) is 0 Å². The van der Waals surface area contributed by atoms with E-state index in [4.69, 9.17) is 0 Å². The van der Waals surface area contributed by atoms with Crippen molar-refractivity contribution in [2.75, 3.05) is 31.1 Å². The lowest BCUT2D eigenvalue weighted by molar-refractivity contribution is 0.247. The quantitative estimate of drug-likeness (QED) is 0.734. The first-order valence-corrected chi connectivity index (χ1v) is 8.81. The topological polar surface area (TPSA) is 49.6 Å². The second kappa shape index (κ2) is 6.25. The van der Waals surface area contributed by atoms with Gasteiger partial charge in [0.2, 0.25) is 5.13 Å². The molecule has 0 spiro atoms. The van der Waals surface area contributed by atoms with Gasteiger partial charge in [0.1, 0.15) is 11.5 Å². The van der Waals surface area contributed by atoms with E-state index in [0.717, 1.165) is 61.4 Å². The standard InChI is InChI=1S/C16H20N6S/c1-2-14-18-16(23-19-14)21-9-7-20(8-10-21)11-13-12-22-6-4-3-5-15(22)17-13/h3-6,12H,2,7-11H2,1H3. The van der Waals surface area contributed by atoms with E-state index in [1.54, 1.807) is 0 Å². The number of hydrogen-bond acceptors (Lipinski definition) is 6. The van der Waals surface area contributed by atoms with Gasteiger partial charge >= 0.3 is 0 Å². The van der Waals surface area contributed by atoms with Crippen LogP contribution in [-0.4, -0.2) is 49.8 Å². The second-order valence-corrected chi connectivity index (χ2v) is 6.54. The van der Waals surface area contributed by atoms with Crippen LogP contribution in [0.15, 0.2) is 30.6 Å². The first-order chi connectivity index (χ1) is 11.3. The van der Waals surface area contributed by atoms with Crippen LogP contribution in [0.4, 0.5) is 5.13 Å². The summed E-state index contributed by atoms with van der Waals surface area (Å²) in [4.78, 5) is 14.1. The summed E-state index contributed by atoms with van der Waals surface area (Å²) in [6.45, 7) is 7.09. The van der Waals surface area contributed by atoms with Crippen LogP contribution in [0.5, 0.6) is 0 Å². The van der Waals surface area contributed by atoms with E-state index in [9.17, 15) is 0 Å². The maximum Gasteiger partial charge on any atom is 0.205 e. The van der Waals surface area contributed by atoms with Crippen molar-refractivity contribution in [1.29, 1.82) is 0 Å². The number of fused-ring (bicyclic) bond motifs is 1. The molecule has 4 heterocycles. The molecule has 120 valence electrons. The molecule has 1 aliphatic rings. The monoisotopic (exact) mass is 328 g/mol. The van der Waals surface area contributed by atoms with Crippen LogP contribution in [-0.2, 0) is 13.0 Å². The molecule has 0 aliphatic carbocycles. The average Bonchev–Trinajstić information content (AvgIpc) is 3.21. The fourth-order valence-corrected chi connectivity index (χ4v) is 3.71. The molecular formula is C16H20N6S. The molecule has 1 aliphatic heterocycles. The fourth-order valence-electron chi connectivity index (χ4n) is 2.91. The van der Waals surface area contributed by atoms with Gasteiger partial charge in [0.25, 0.3) is 0 Å². The Morgan fingerprint density at radius 3 is 2.74 bits per heavy atom. The average molecular weight is 328 g/mol. The van der Waals surface area contributed by atoms with Gasteiger partial charge in [0.05, 0.1) is 5.69 Å². The number of aryl methyl sites for hydroxylation is 1. The summed E-state index contributed by atoms with van der Waals surface area (Å²) >= 11 is 1.52. The molecule has 0 unspecified atom stereocenters. The lowest BCUT2D eigenvalue weighted by Crippen LogP contribution is -2.46. The van der Waals surface area contributed by atoms with Crippen LogP contribution in [0.1, 0.15) is 18.4 Å². The number of imidazole rings is 1. The van der Waals surface area contributed by atoms with Crippen molar-refractivity contribution in [3.05, 3.63) is 42.1 Å². The zero-order chi connectivity index (χ0) is 15.6. The van der Waals surface area contributed by atoms with Gasteiger partial charge < -0.3 is 9.30 Å². The maximum absolute atomic E-state index is 4.69. The number of anilines is 1. The largest absolute Gasteiger partial charge is 0.344 e.